The molecule has 3 aromatic carbocycles. The summed E-state index contributed by atoms with van der Waals surface area (Å²) in [6, 6.07) is 16.4. The summed E-state index contributed by atoms with van der Waals surface area (Å²) in [5.74, 6) is -0.497. The summed E-state index contributed by atoms with van der Waals surface area (Å²) >= 11 is 9.48. The van der Waals surface area contributed by atoms with E-state index in [0.717, 1.165) is 16.1 Å². The lowest BCUT2D eigenvalue weighted by Crippen LogP contribution is -2.17. The number of nitrogens with zero attached hydrogens (tertiary/aromatic N) is 1. The number of hydrogen-bond donors (Lipinski definition) is 3. The van der Waals surface area contributed by atoms with Crippen molar-refractivity contribution in [2.45, 2.75) is 6.61 Å². The van der Waals surface area contributed by atoms with Gasteiger partial charge >= 0.3 is 0 Å². The molecule has 6 nitrogen and oxygen atoms in total. The van der Waals surface area contributed by atoms with Crippen LogP contribution in [0.3, 0.4) is 0 Å². The minimum absolute atomic E-state index is 0.0665. The molecule has 148 valence electrons. The first kappa shape index (κ1) is 20.7. The third-order valence-electron chi connectivity index (χ3n) is 3.79. The number of ether oxygens (including phenoxy) is 1. The fourth-order valence-corrected chi connectivity index (χ4v) is 3.12. The monoisotopic (exact) mass is 474 g/mol. The van der Waals surface area contributed by atoms with Gasteiger partial charge in [-0.05, 0) is 48.0 Å². The van der Waals surface area contributed by atoms with E-state index >= 15 is 0 Å². The average Bonchev–Trinajstić information content (AvgIpc) is 2.66. The first-order valence-corrected chi connectivity index (χ1v) is 9.61. The Hall–Kier alpha value is -3.03. The molecule has 3 N–H and O–H groups in total. The number of rotatable bonds is 6. The van der Waals surface area contributed by atoms with E-state index in [0.29, 0.717) is 22.9 Å². The average molecular weight is 476 g/mol. The number of halogens is 2. The van der Waals surface area contributed by atoms with Gasteiger partial charge in [0.15, 0.2) is 0 Å². The SMILES string of the molecule is O=C(N/N=C/c1cc(Cl)ccc1OCc1cccc(Br)c1)c1cc(O)cc(O)c1. The Labute approximate surface area is 180 Å². The second-order valence-electron chi connectivity index (χ2n) is 6.04. The second-order valence-corrected chi connectivity index (χ2v) is 7.39. The molecule has 0 saturated carbocycles. The van der Waals surface area contributed by atoms with E-state index in [1.54, 1.807) is 18.2 Å². The van der Waals surface area contributed by atoms with Crippen LogP contribution >= 0.6 is 27.5 Å². The Morgan fingerprint density at radius 1 is 1.10 bits per heavy atom. The Bertz CT molecular complexity index is 1050. The highest BCUT2D eigenvalue weighted by molar-refractivity contribution is 9.10. The van der Waals surface area contributed by atoms with E-state index in [9.17, 15) is 15.0 Å². The molecule has 1 amide bonds. The number of amides is 1. The Balaban J connectivity index is 1.71. The normalized spacial score (nSPS) is 10.8. The standard InChI is InChI=1S/C21H16BrClN2O4/c22-16-3-1-2-13(6-16)12-29-20-5-4-17(23)7-15(20)11-24-25-21(28)14-8-18(26)10-19(27)9-14/h1-11,26-27H,12H2,(H,25,28)/b24-11+. The van der Waals surface area contributed by atoms with Gasteiger partial charge in [0.25, 0.3) is 5.91 Å². The van der Waals surface area contributed by atoms with Crippen LogP contribution in [0, 0.1) is 0 Å². The summed E-state index contributed by atoms with van der Waals surface area (Å²) < 4.78 is 6.81. The number of hydrazone groups is 1. The summed E-state index contributed by atoms with van der Waals surface area (Å²) in [5.41, 5.74) is 3.96. The summed E-state index contributed by atoms with van der Waals surface area (Å²) in [6.07, 6.45) is 1.41. The van der Waals surface area contributed by atoms with E-state index in [1.807, 2.05) is 24.3 Å². The maximum Gasteiger partial charge on any atom is 0.271 e. The number of benzene rings is 3. The van der Waals surface area contributed by atoms with Gasteiger partial charge < -0.3 is 14.9 Å². The van der Waals surface area contributed by atoms with Crippen LogP contribution in [0.1, 0.15) is 21.5 Å². The van der Waals surface area contributed by atoms with Crippen LogP contribution in [-0.2, 0) is 6.61 Å². The van der Waals surface area contributed by atoms with E-state index in [1.165, 1.54) is 18.3 Å². The topological polar surface area (TPSA) is 91.2 Å². The number of carbonyl (C=O) groups excluding carboxylic acids is 1. The zero-order chi connectivity index (χ0) is 20.8. The number of nitrogens with one attached hydrogen (secondary N) is 1. The number of phenolic OH excluding ortho intramolecular Hbond substituents is 2. The van der Waals surface area contributed by atoms with Crippen molar-refractivity contribution in [2.75, 3.05) is 0 Å². The van der Waals surface area contributed by atoms with Crippen LogP contribution in [0.4, 0.5) is 0 Å². The van der Waals surface area contributed by atoms with Crippen LogP contribution < -0.4 is 10.2 Å². The van der Waals surface area contributed by atoms with Crippen molar-refractivity contribution in [3.05, 3.63) is 86.8 Å². The largest absolute Gasteiger partial charge is 0.508 e. The van der Waals surface area contributed by atoms with Gasteiger partial charge in [-0.15, -0.1) is 0 Å². The molecule has 8 heteroatoms. The lowest BCUT2D eigenvalue weighted by atomic mass is 10.2. The number of aromatic hydroxyl groups is 2. The molecule has 29 heavy (non-hydrogen) atoms. The van der Waals surface area contributed by atoms with Crippen molar-refractivity contribution in [3.63, 3.8) is 0 Å². The van der Waals surface area contributed by atoms with E-state index in [-0.39, 0.29) is 17.1 Å². The second kappa shape index (κ2) is 9.45. The molecule has 0 aliphatic heterocycles. The minimum Gasteiger partial charge on any atom is -0.508 e. The molecule has 0 aromatic heterocycles. The molecule has 0 heterocycles. The summed E-state index contributed by atoms with van der Waals surface area (Å²) in [4.78, 5) is 12.1. The maximum atomic E-state index is 12.1. The van der Waals surface area contributed by atoms with Crippen molar-refractivity contribution in [1.29, 1.82) is 0 Å². The fraction of sp³-hybridized carbons (Fsp3) is 0.0476. The van der Waals surface area contributed by atoms with Crippen LogP contribution in [0.25, 0.3) is 0 Å². The molecule has 0 aliphatic rings. The Morgan fingerprint density at radius 3 is 2.59 bits per heavy atom. The van der Waals surface area contributed by atoms with Crippen LogP contribution in [0.5, 0.6) is 17.2 Å². The highest BCUT2D eigenvalue weighted by atomic mass is 79.9. The molecule has 0 aliphatic carbocycles. The molecule has 0 atom stereocenters. The van der Waals surface area contributed by atoms with Gasteiger partial charge in [0.2, 0.25) is 0 Å². The molecule has 0 unspecified atom stereocenters. The van der Waals surface area contributed by atoms with E-state index < -0.39 is 5.91 Å². The van der Waals surface area contributed by atoms with Crippen molar-refractivity contribution in [3.8, 4) is 17.2 Å². The highest BCUT2D eigenvalue weighted by Crippen LogP contribution is 2.23. The third kappa shape index (κ3) is 5.97. The number of carbonyl (C=O) groups is 1. The van der Waals surface area contributed by atoms with Crippen molar-refractivity contribution in [1.82, 2.24) is 5.43 Å². The smallest absolute Gasteiger partial charge is 0.271 e. The van der Waals surface area contributed by atoms with Crippen molar-refractivity contribution >= 4 is 39.7 Å². The van der Waals surface area contributed by atoms with Gasteiger partial charge in [0, 0.05) is 26.7 Å². The molecule has 0 radical (unpaired) electrons. The molecule has 0 fully saturated rings. The Morgan fingerprint density at radius 2 is 1.86 bits per heavy atom. The van der Waals surface area contributed by atoms with Gasteiger partial charge in [0.1, 0.15) is 23.9 Å². The van der Waals surface area contributed by atoms with Gasteiger partial charge in [-0.3, -0.25) is 4.79 Å². The highest BCUT2D eigenvalue weighted by Gasteiger charge is 2.08. The molecular formula is C21H16BrClN2O4. The first-order valence-electron chi connectivity index (χ1n) is 8.44. The van der Waals surface area contributed by atoms with Crippen LogP contribution in [0.2, 0.25) is 5.02 Å². The van der Waals surface area contributed by atoms with Gasteiger partial charge in [-0.25, -0.2) is 5.43 Å². The zero-order valence-corrected chi connectivity index (χ0v) is 17.3. The maximum absolute atomic E-state index is 12.1. The lowest BCUT2D eigenvalue weighted by molar-refractivity contribution is 0.0954. The number of phenols is 2. The molecule has 3 rings (SSSR count). The van der Waals surface area contributed by atoms with Gasteiger partial charge in [0.05, 0.1) is 6.21 Å². The van der Waals surface area contributed by atoms with E-state index in [4.69, 9.17) is 16.3 Å². The number of hydrogen-bond acceptors (Lipinski definition) is 5. The third-order valence-corrected chi connectivity index (χ3v) is 4.52. The predicted octanol–water partition coefficient (Wildman–Crippen LogP) is 4.86. The van der Waals surface area contributed by atoms with Crippen LogP contribution in [0.15, 0.2) is 70.2 Å². The molecule has 0 bridgehead atoms. The lowest BCUT2D eigenvalue weighted by Gasteiger charge is -2.10. The quantitative estimate of drug-likeness (QED) is 0.351. The van der Waals surface area contributed by atoms with E-state index in [2.05, 4.69) is 26.5 Å². The summed E-state index contributed by atoms with van der Waals surface area (Å²) in [6.45, 7) is 0.344. The van der Waals surface area contributed by atoms with Gasteiger partial charge in [-0.2, -0.15) is 5.10 Å². The molecule has 0 saturated heterocycles. The molecular weight excluding hydrogens is 460 g/mol. The van der Waals surface area contributed by atoms with Gasteiger partial charge in [-0.1, -0.05) is 39.7 Å². The predicted molar refractivity (Wildman–Crippen MR) is 115 cm³/mol. The summed E-state index contributed by atoms with van der Waals surface area (Å²) in [7, 11) is 0. The fourth-order valence-electron chi connectivity index (χ4n) is 2.49. The molecule has 0 spiro atoms. The van der Waals surface area contributed by atoms with Crippen molar-refractivity contribution in [2.24, 2.45) is 5.10 Å². The van der Waals surface area contributed by atoms with Crippen LogP contribution in [-0.4, -0.2) is 22.3 Å². The zero-order valence-electron chi connectivity index (χ0n) is 15.0. The first-order chi connectivity index (χ1) is 13.9. The van der Waals surface area contributed by atoms with Crippen molar-refractivity contribution < 1.29 is 19.7 Å². The molecule has 3 aromatic rings. The summed E-state index contributed by atoms with van der Waals surface area (Å²) in [5, 5.41) is 23.3. The Kier molecular flexibility index (Phi) is 6.74. The minimum atomic E-state index is -0.592.